The molecule has 3 nitrogen and oxygen atoms in total. The highest BCUT2D eigenvalue weighted by Gasteiger charge is 2.32. The largest absolute Gasteiger partial charge is 0.356 e. The summed E-state index contributed by atoms with van der Waals surface area (Å²) in [5.74, 6) is 1.98. The molecular formula is C20H29N3S. The molecule has 2 aliphatic heterocycles. The zero-order chi connectivity index (χ0) is 17.2. The Balaban J connectivity index is 2.09. The highest BCUT2D eigenvalue weighted by atomic mass is 32.2. The van der Waals surface area contributed by atoms with Gasteiger partial charge in [0.2, 0.25) is 0 Å². The molecule has 3 heterocycles. The molecule has 0 unspecified atom stereocenters. The monoisotopic (exact) mass is 343 g/mol. The van der Waals surface area contributed by atoms with Gasteiger partial charge in [-0.05, 0) is 49.7 Å². The van der Waals surface area contributed by atoms with Crippen LogP contribution in [0.4, 0.5) is 5.82 Å². The van der Waals surface area contributed by atoms with Gasteiger partial charge in [-0.1, -0.05) is 27.2 Å². The number of anilines is 1. The topological polar surface area (TPSA) is 39.9 Å². The van der Waals surface area contributed by atoms with Crippen molar-refractivity contribution >= 4 is 17.6 Å². The summed E-state index contributed by atoms with van der Waals surface area (Å²) in [4.78, 5) is 7.42. The molecule has 130 valence electrons. The minimum atomic E-state index is 0.209. The molecule has 0 bridgehead atoms. The van der Waals surface area contributed by atoms with Crippen molar-refractivity contribution in [3.8, 4) is 6.07 Å². The van der Waals surface area contributed by atoms with Crippen LogP contribution in [0.25, 0.3) is 0 Å². The number of fused-ring (bicyclic) bond motifs is 1. The van der Waals surface area contributed by atoms with Gasteiger partial charge in [0.25, 0.3) is 0 Å². The first kappa shape index (κ1) is 17.6. The van der Waals surface area contributed by atoms with E-state index < -0.39 is 0 Å². The Labute approximate surface area is 150 Å². The Hall–Kier alpha value is -1.21. The summed E-state index contributed by atoms with van der Waals surface area (Å²) in [7, 11) is 0. The van der Waals surface area contributed by atoms with Crippen molar-refractivity contribution in [3.05, 3.63) is 22.4 Å². The molecule has 2 aliphatic rings. The van der Waals surface area contributed by atoms with Gasteiger partial charge in [-0.15, -0.1) is 0 Å². The predicted octanol–water partition coefficient (Wildman–Crippen LogP) is 4.85. The number of aryl methyl sites for hydroxylation is 1. The summed E-state index contributed by atoms with van der Waals surface area (Å²) in [6, 6.07) is 2.53. The molecule has 0 aromatic carbocycles. The molecule has 0 atom stereocenters. The molecule has 4 heteroatoms. The number of rotatable bonds is 4. The Kier molecular flexibility index (Phi) is 5.39. The molecule has 24 heavy (non-hydrogen) atoms. The quantitative estimate of drug-likeness (QED) is 0.783. The van der Waals surface area contributed by atoms with Crippen LogP contribution in [0.3, 0.4) is 0 Å². The third-order valence-corrected chi connectivity index (χ3v) is 6.58. The fourth-order valence-corrected chi connectivity index (χ4v) is 4.95. The molecule has 0 radical (unpaired) electrons. The van der Waals surface area contributed by atoms with E-state index in [1.807, 2.05) is 11.8 Å². The van der Waals surface area contributed by atoms with Gasteiger partial charge in [0.15, 0.2) is 0 Å². The second-order valence-corrected chi connectivity index (χ2v) is 9.38. The van der Waals surface area contributed by atoms with E-state index in [2.05, 4.69) is 31.7 Å². The van der Waals surface area contributed by atoms with E-state index in [0.29, 0.717) is 0 Å². The number of piperidine rings is 1. The lowest BCUT2D eigenvalue weighted by Gasteiger charge is -2.35. The number of unbranched alkanes of at least 4 members (excludes halogenated alkanes) is 1. The lowest BCUT2D eigenvalue weighted by molar-refractivity contribution is 0.570. The molecule has 0 N–H and O–H groups in total. The fourth-order valence-electron chi connectivity index (χ4n) is 3.82. The number of hydrogen-bond acceptors (Lipinski definition) is 4. The second kappa shape index (κ2) is 7.35. The third kappa shape index (κ3) is 3.57. The molecular weight excluding hydrogens is 314 g/mol. The number of thioether (sulfide) groups is 1. The Morgan fingerprint density at radius 2 is 1.96 bits per heavy atom. The molecule has 0 spiro atoms. The number of nitriles is 1. The number of pyridine rings is 1. The molecule has 0 amide bonds. The summed E-state index contributed by atoms with van der Waals surface area (Å²) < 4.78 is 0.209. The normalized spacial score (nSPS) is 19.7. The average Bonchev–Trinajstić information content (AvgIpc) is 2.58. The van der Waals surface area contributed by atoms with Crippen molar-refractivity contribution in [3.63, 3.8) is 0 Å². The van der Waals surface area contributed by atoms with Gasteiger partial charge in [-0.3, -0.25) is 0 Å². The van der Waals surface area contributed by atoms with E-state index in [1.165, 1.54) is 48.9 Å². The van der Waals surface area contributed by atoms with E-state index in [0.717, 1.165) is 43.1 Å². The SMILES string of the molecule is CCCCc1nc(N2CCCCC2)c(C#N)c2c1CSC(C)(C)C2. The predicted molar refractivity (Wildman–Crippen MR) is 103 cm³/mol. The van der Waals surface area contributed by atoms with Crippen LogP contribution in [0, 0.1) is 11.3 Å². The maximum atomic E-state index is 9.92. The second-order valence-electron chi connectivity index (χ2n) is 7.70. The first-order chi connectivity index (χ1) is 11.6. The van der Waals surface area contributed by atoms with E-state index in [9.17, 15) is 5.26 Å². The molecule has 1 aromatic rings. The fraction of sp³-hybridized carbons (Fsp3) is 0.700. The minimum Gasteiger partial charge on any atom is -0.356 e. The molecule has 1 fully saturated rings. The first-order valence-electron chi connectivity index (χ1n) is 9.39. The van der Waals surface area contributed by atoms with Crippen molar-refractivity contribution in [1.29, 1.82) is 5.26 Å². The van der Waals surface area contributed by atoms with Crippen molar-refractivity contribution in [2.45, 2.75) is 76.2 Å². The smallest absolute Gasteiger partial charge is 0.147 e. The lowest BCUT2D eigenvalue weighted by atomic mass is 9.91. The van der Waals surface area contributed by atoms with Gasteiger partial charge < -0.3 is 4.90 Å². The van der Waals surface area contributed by atoms with E-state index >= 15 is 0 Å². The van der Waals surface area contributed by atoms with Crippen LogP contribution in [0.1, 0.15) is 75.3 Å². The number of hydrogen-bond donors (Lipinski definition) is 0. The zero-order valence-electron chi connectivity index (χ0n) is 15.3. The highest BCUT2D eigenvalue weighted by Crippen LogP contribution is 2.42. The molecule has 1 aromatic heterocycles. The van der Waals surface area contributed by atoms with E-state index in [1.54, 1.807) is 0 Å². The van der Waals surface area contributed by atoms with E-state index in [-0.39, 0.29) is 4.75 Å². The van der Waals surface area contributed by atoms with Gasteiger partial charge >= 0.3 is 0 Å². The molecule has 0 aliphatic carbocycles. The standard InChI is InChI=1S/C20H29N3S/c1-4-5-9-18-17-14-24-20(2,3)12-15(17)16(13-21)19(22-18)23-10-7-6-8-11-23/h4-12,14H2,1-3H3. The van der Waals surface area contributed by atoms with Crippen LogP contribution in [0.2, 0.25) is 0 Å². The zero-order valence-corrected chi connectivity index (χ0v) is 16.1. The van der Waals surface area contributed by atoms with Crippen LogP contribution in [-0.4, -0.2) is 22.8 Å². The van der Waals surface area contributed by atoms with Gasteiger partial charge in [0.05, 0.1) is 5.56 Å². The van der Waals surface area contributed by atoms with E-state index in [4.69, 9.17) is 4.98 Å². The lowest BCUT2D eigenvalue weighted by Crippen LogP contribution is -2.33. The molecule has 3 rings (SSSR count). The summed E-state index contributed by atoms with van der Waals surface area (Å²) in [5, 5.41) is 9.92. The Bertz CT molecular complexity index is 639. The van der Waals surface area contributed by atoms with Crippen molar-refractivity contribution in [2.24, 2.45) is 0 Å². The van der Waals surface area contributed by atoms with Crippen LogP contribution in [0.5, 0.6) is 0 Å². The van der Waals surface area contributed by atoms with Gasteiger partial charge in [0, 0.05) is 29.3 Å². The average molecular weight is 344 g/mol. The van der Waals surface area contributed by atoms with Gasteiger partial charge in [-0.2, -0.15) is 17.0 Å². The van der Waals surface area contributed by atoms with Crippen molar-refractivity contribution in [1.82, 2.24) is 4.98 Å². The van der Waals surface area contributed by atoms with Gasteiger partial charge in [-0.25, -0.2) is 4.98 Å². The minimum absolute atomic E-state index is 0.209. The summed E-state index contributed by atoms with van der Waals surface area (Å²) in [6.45, 7) is 8.93. The van der Waals surface area contributed by atoms with Crippen LogP contribution >= 0.6 is 11.8 Å². The third-order valence-electron chi connectivity index (χ3n) is 5.22. The molecule has 1 saturated heterocycles. The maximum absolute atomic E-state index is 9.92. The highest BCUT2D eigenvalue weighted by molar-refractivity contribution is 7.99. The molecule has 0 saturated carbocycles. The Morgan fingerprint density at radius 3 is 2.62 bits per heavy atom. The van der Waals surface area contributed by atoms with Crippen LogP contribution in [-0.2, 0) is 18.6 Å². The van der Waals surface area contributed by atoms with Crippen molar-refractivity contribution in [2.75, 3.05) is 18.0 Å². The summed E-state index contributed by atoms with van der Waals surface area (Å²) >= 11 is 2.01. The number of nitrogens with zero attached hydrogens (tertiary/aromatic N) is 3. The first-order valence-corrected chi connectivity index (χ1v) is 10.4. The van der Waals surface area contributed by atoms with Gasteiger partial charge in [0.1, 0.15) is 11.9 Å². The van der Waals surface area contributed by atoms with Crippen LogP contribution < -0.4 is 4.90 Å². The summed E-state index contributed by atoms with van der Waals surface area (Å²) in [5.41, 5.74) is 4.78. The van der Waals surface area contributed by atoms with Crippen molar-refractivity contribution < 1.29 is 0 Å². The Morgan fingerprint density at radius 1 is 1.21 bits per heavy atom. The number of aromatic nitrogens is 1. The van der Waals surface area contributed by atoms with Crippen LogP contribution in [0.15, 0.2) is 0 Å². The maximum Gasteiger partial charge on any atom is 0.147 e. The summed E-state index contributed by atoms with van der Waals surface area (Å²) in [6.07, 6.45) is 8.14.